The Morgan fingerprint density at radius 3 is 2.46 bits per heavy atom. The number of anilines is 2. The van der Waals surface area contributed by atoms with Gasteiger partial charge in [-0.25, -0.2) is 4.98 Å². The zero-order valence-electron chi connectivity index (χ0n) is 13.9. The maximum absolute atomic E-state index is 13.2. The van der Waals surface area contributed by atoms with Gasteiger partial charge in [0.2, 0.25) is 5.95 Å². The summed E-state index contributed by atoms with van der Waals surface area (Å²) in [6.45, 7) is 2.90. The normalized spacial score (nSPS) is 34.5. The minimum Gasteiger partial charge on any atom is -0.772 e. The Kier molecular flexibility index (Phi) is 4.16. The van der Waals surface area contributed by atoms with E-state index in [2.05, 4.69) is 9.97 Å². The van der Waals surface area contributed by atoms with Crippen molar-refractivity contribution in [2.24, 2.45) is 17.8 Å². The number of halogens is 3. The molecule has 4 rings (SSSR count). The van der Waals surface area contributed by atoms with Crippen LogP contribution >= 0.6 is 0 Å². The molecule has 144 valence electrons. The van der Waals surface area contributed by atoms with Crippen LogP contribution < -0.4 is 9.80 Å². The smallest absolute Gasteiger partial charge is 0.433 e. The third-order valence-electron chi connectivity index (χ3n) is 5.70. The minimum atomic E-state index is -4.59. The molecule has 2 aliphatic heterocycles. The SMILES string of the molecule is C[C@H]1[C@H](O)CN1c1nc(N2C[C@@H]3C(CS(=O)[O-])[C@@H]3C2)cc(C(F)(F)F)n1. The number of hydrogen-bond donors (Lipinski definition) is 1. The van der Waals surface area contributed by atoms with Crippen molar-refractivity contribution in [1.82, 2.24) is 9.97 Å². The summed E-state index contributed by atoms with van der Waals surface area (Å²) in [7, 11) is 0. The molecule has 2 saturated heterocycles. The van der Waals surface area contributed by atoms with Gasteiger partial charge in [0.25, 0.3) is 0 Å². The Morgan fingerprint density at radius 2 is 1.96 bits per heavy atom. The van der Waals surface area contributed by atoms with Crippen LogP contribution in [0.4, 0.5) is 24.9 Å². The van der Waals surface area contributed by atoms with Gasteiger partial charge in [0.15, 0.2) is 5.69 Å². The molecule has 1 aromatic rings. The zero-order valence-corrected chi connectivity index (χ0v) is 14.7. The van der Waals surface area contributed by atoms with E-state index in [1.54, 1.807) is 16.7 Å². The lowest BCUT2D eigenvalue weighted by Crippen LogP contribution is -2.59. The number of piperidine rings is 1. The molecule has 26 heavy (non-hydrogen) atoms. The van der Waals surface area contributed by atoms with E-state index >= 15 is 0 Å². The summed E-state index contributed by atoms with van der Waals surface area (Å²) in [6, 6.07) is 0.602. The highest BCUT2D eigenvalue weighted by atomic mass is 32.2. The highest BCUT2D eigenvalue weighted by molar-refractivity contribution is 7.79. The Labute approximate surface area is 150 Å². The van der Waals surface area contributed by atoms with E-state index in [1.807, 2.05) is 0 Å². The largest absolute Gasteiger partial charge is 0.772 e. The van der Waals surface area contributed by atoms with Crippen LogP contribution in [0.1, 0.15) is 12.6 Å². The molecule has 3 fully saturated rings. The number of aromatic nitrogens is 2. The van der Waals surface area contributed by atoms with E-state index in [-0.39, 0.29) is 47.9 Å². The number of aliphatic hydroxyl groups excluding tert-OH is 1. The molecule has 0 bridgehead atoms. The van der Waals surface area contributed by atoms with Crippen molar-refractivity contribution in [3.8, 4) is 0 Å². The van der Waals surface area contributed by atoms with E-state index in [4.69, 9.17) is 0 Å². The van der Waals surface area contributed by atoms with Gasteiger partial charge in [-0.05, 0) is 24.7 Å². The van der Waals surface area contributed by atoms with Crippen LogP contribution in [0, 0.1) is 17.8 Å². The quantitative estimate of drug-likeness (QED) is 0.753. The number of alkyl halides is 3. The number of hydrogen-bond acceptors (Lipinski definition) is 7. The number of fused-ring (bicyclic) bond motifs is 1. The lowest BCUT2D eigenvalue weighted by Gasteiger charge is -2.43. The Bertz CT molecular complexity index is 737. The zero-order chi connectivity index (χ0) is 18.8. The molecule has 3 heterocycles. The third-order valence-corrected chi connectivity index (χ3v) is 6.36. The van der Waals surface area contributed by atoms with Crippen molar-refractivity contribution in [2.45, 2.75) is 25.2 Å². The Morgan fingerprint density at radius 1 is 1.31 bits per heavy atom. The molecule has 2 unspecified atom stereocenters. The molecule has 11 heteroatoms. The monoisotopic (exact) mass is 391 g/mol. The summed E-state index contributed by atoms with van der Waals surface area (Å²) in [6.07, 6.45) is -5.20. The van der Waals surface area contributed by atoms with Crippen LogP contribution in [0.2, 0.25) is 0 Å². The summed E-state index contributed by atoms with van der Waals surface area (Å²) < 4.78 is 61.4. The van der Waals surface area contributed by atoms with Gasteiger partial charge in [0, 0.05) is 31.5 Å². The van der Waals surface area contributed by atoms with Crippen LogP contribution in [0.3, 0.4) is 0 Å². The summed E-state index contributed by atoms with van der Waals surface area (Å²) in [5, 5.41) is 9.62. The molecule has 7 nitrogen and oxygen atoms in total. The Balaban J connectivity index is 1.56. The predicted molar refractivity (Wildman–Crippen MR) is 86.3 cm³/mol. The molecule has 6 atom stereocenters. The highest BCUT2D eigenvalue weighted by Crippen LogP contribution is 2.52. The van der Waals surface area contributed by atoms with Gasteiger partial charge in [-0.1, -0.05) is 11.1 Å². The number of rotatable bonds is 4. The topological polar surface area (TPSA) is 92.6 Å². The lowest BCUT2D eigenvalue weighted by molar-refractivity contribution is -0.141. The van der Waals surface area contributed by atoms with Crippen molar-refractivity contribution in [1.29, 1.82) is 0 Å². The number of nitrogens with zero attached hydrogens (tertiary/aromatic N) is 4. The van der Waals surface area contributed by atoms with E-state index in [9.17, 15) is 27.0 Å². The van der Waals surface area contributed by atoms with E-state index in [1.165, 1.54) is 0 Å². The third kappa shape index (κ3) is 3.05. The van der Waals surface area contributed by atoms with Crippen LogP contribution in [0.5, 0.6) is 0 Å². The fourth-order valence-corrected chi connectivity index (χ4v) is 4.76. The van der Waals surface area contributed by atoms with Crippen molar-refractivity contribution in [3.63, 3.8) is 0 Å². The summed E-state index contributed by atoms with van der Waals surface area (Å²) >= 11 is -2.10. The first-order chi connectivity index (χ1) is 12.1. The molecule has 1 aliphatic carbocycles. The van der Waals surface area contributed by atoms with E-state index < -0.39 is 29.1 Å². The lowest BCUT2D eigenvalue weighted by atomic mass is 10.0. The number of β-amino-alcohol motifs (C(OH)–C–C–N with tert-alkyl or cyclic N) is 1. The standard InChI is InChI=1S/C15H19F3N4O3S/c1-7-11(23)5-22(7)14-19-12(15(16,17)18)2-13(20-14)21-3-8-9(4-21)10(8)6-26(24)25/h2,7-11,23H,3-6H2,1H3,(H,24,25)/p-1/t7-,8-,9+,10?,11+/m0/s1. The summed E-state index contributed by atoms with van der Waals surface area (Å²) in [4.78, 5) is 11.2. The van der Waals surface area contributed by atoms with Gasteiger partial charge in [-0.2, -0.15) is 18.2 Å². The molecular formula is C15H18F3N4O3S-. The maximum atomic E-state index is 13.2. The molecule has 3 aliphatic rings. The minimum absolute atomic E-state index is 0.0367. The molecule has 0 amide bonds. The van der Waals surface area contributed by atoms with Gasteiger partial charge in [0.1, 0.15) is 5.82 Å². The van der Waals surface area contributed by atoms with Crippen LogP contribution in [-0.2, 0) is 17.3 Å². The van der Waals surface area contributed by atoms with Gasteiger partial charge >= 0.3 is 6.18 Å². The van der Waals surface area contributed by atoms with Crippen molar-refractivity contribution >= 4 is 22.8 Å². The van der Waals surface area contributed by atoms with E-state index in [0.717, 1.165) is 6.07 Å². The van der Waals surface area contributed by atoms with Gasteiger partial charge in [0.05, 0.1) is 12.1 Å². The van der Waals surface area contributed by atoms with E-state index in [0.29, 0.717) is 13.1 Å². The van der Waals surface area contributed by atoms with Gasteiger partial charge in [-0.3, -0.25) is 4.21 Å². The molecule has 0 radical (unpaired) electrons. The summed E-state index contributed by atoms with van der Waals surface area (Å²) in [5.41, 5.74) is -1.01. The average molecular weight is 391 g/mol. The van der Waals surface area contributed by atoms with Gasteiger partial charge < -0.3 is 19.5 Å². The fraction of sp³-hybridized carbons (Fsp3) is 0.733. The van der Waals surface area contributed by atoms with Crippen LogP contribution in [0.15, 0.2) is 6.07 Å². The van der Waals surface area contributed by atoms with Crippen molar-refractivity contribution in [2.75, 3.05) is 35.2 Å². The van der Waals surface area contributed by atoms with Crippen molar-refractivity contribution < 1.29 is 27.0 Å². The molecule has 1 aromatic heterocycles. The average Bonchev–Trinajstić information content (AvgIpc) is 3.00. The highest BCUT2D eigenvalue weighted by Gasteiger charge is 2.55. The molecule has 0 spiro atoms. The number of aliphatic hydroxyl groups is 1. The first-order valence-electron chi connectivity index (χ1n) is 8.37. The van der Waals surface area contributed by atoms with Crippen LogP contribution in [-0.4, -0.2) is 61.4 Å². The predicted octanol–water partition coefficient (Wildman–Crippen LogP) is 0.626. The fourth-order valence-electron chi connectivity index (χ4n) is 3.95. The molecule has 1 saturated carbocycles. The molecular weight excluding hydrogens is 373 g/mol. The second kappa shape index (κ2) is 6.03. The second-order valence-corrected chi connectivity index (χ2v) is 8.18. The van der Waals surface area contributed by atoms with Crippen LogP contribution in [0.25, 0.3) is 0 Å². The van der Waals surface area contributed by atoms with Crippen molar-refractivity contribution in [3.05, 3.63) is 11.8 Å². The second-order valence-electron chi connectivity index (χ2n) is 7.24. The first-order valence-corrected chi connectivity index (χ1v) is 9.61. The summed E-state index contributed by atoms with van der Waals surface area (Å²) in [5.74, 6) is 0.736. The molecule has 0 aromatic carbocycles. The first kappa shape index (κ1) is 17.9. The maximum Gasteiger partial charge on any atom is 0.433 e. The van der Waals surface area contributed by atoms with Gasteiger partial charge in [-0.15, -0.1) is 0 Å². The molecule has 1 N–H and O–H groups in total. The Hall–Kier alpha value is -1.46.